The first kappa shape index (κ1) is 27.0. The van der Waals surface area contributed by atoms with Gasteiger partial charge in [-0.25, -0.2) is 0 Å². The molecule has 200 valence electrons. The number of ether oxygens (including phenoxy) is 3. The van der Waals surface area contributed by atoms with Crippen LogP contribution in [-0.4, -0.2) is 62.7 Å². The van der Waals surface area contributed by atoms with E-state index >= 15 is 0 Å². The van der Waals surface area contributed by atoms with Gasteiger partial charge >= 0.3 is 0 Å². The number of aromatic nitrogens is 1. The molecule has 1 saturated heterocycles. The standard InChI is InChI=1S/C30H35N3O5/c1-20-9-11-24(29(34)31-16-13-21-10-12-26(37-3)27(19-21)38-4)28(32-20)22-14-17-33(18-15-22)30(35)23-7-5-6-8-25(23)36-2/h5-12,19,22H,13-18H2,1-4H3,(H,31,34). The van der Waals surface area contributed by atoms with Gasteiger partial charge in [0.25, 0.3) is 11.8 Å². The molecular formula is C30H35N3O5. The maximum Gasteiger partial charge on any atom is 0.257 e. The molecule has 2 aromatic carbocycles. The molecule has 0 aliphatic carbocycles. The second kappa shape index (κ2) is 12.4. The van der Waals surface area contributed by atoms with Crippen molar-refractivity contribution in [1.82, 2.24) is 15.2 Å². The lowest BCUT2D eigenvalue weighted by Gasteiger charge is -2.32. The number of para-hydroxylation sites is 1. The number of likely N-dealkylation sites (tertiary alicyclic amines) is 1. The van der Waals surface area contributed by atoms with Crippen LogP contribution < -0.4 is 19.5 Å². The maximum absolute atomic E-state index is 13.2. The van der Waals surface area contributed by atoms with Gasteiger partial charge in [-0.15, -0.1) is 0 Å². The van der Waals surface area contributed by atoms with Crippen LogP contribution >= 0.6 is 0 Å². The van der Waals surface area contributed by atoms with Crippen LogP contribution in [0.1, 0.15) is 56.4 Å². The van der Waals surface area contributed by atoms with E-state index in [9.17, 15) is 9.59 Å². The van der Waals surface area contributed by atoms with Gasteiger partial charge in [-0.1, -0.05) is 18.2 Å². The molecule has 1 aliphatic rings. The number of aryl methyl sites for hydroxylation is 1. The third-order valence-electron chi connectivity index (χ3n) is 6.96. The molecule has 8 heteroatoms. The average molecular weight is 518 g/mol. The summed E-state index contributed by atoms with van der Waals surface area (Å²) < 4.78 is 16.0. The van der Waals surface area contributed by atoms with Crippen molar-refractivity contribution in [3.05, 3.63) is 82.7 Å². The number of methoxy groups -OCH3 is 3. The Morgan fingerprint density at radius 1 is 0.895 bits per heavy atom. The first-order valence-corrected chi connectivity index (χ1v) is 12.8. The van der Waals surface area contributed by atoms with Crippen molar-refractivity contribution in [2.24, 2.45) is 0 Å². The van der Waals surface area contributed by atoms with E-state index in [-0.39, 0.29) is 17.7 Å². The highest BCUT2D eigenvalue weighted by atomic mass is 16.5. The lowest BCUT2D eigenvalue weighted by molar-refractivity contribution is 0.0707. The molecule has 0 saturated carbocycles. The molecule has 3 aromatic rings. The lowest BCUT2D eigenvalue weighted by Crippen LogP contribution is -2.38. The molecule has 0 radical (unpaired) electrons. The Kier molecular flexibility index (Phi) is 8.84. The molecule has 0 atom stereocenters. The quantitative estimate of drug-likeness (QED) is 0.452. The van der Waals surface area contributed by atoms with Crippen LogP contribution in [0.3, 0.4) is 0 Å². The summed E-state index contributed by atoms with van der Waals surface area (Å²) in [4.78, 5) is 32.9. The van der Waals surface area contributed by atoms with E-state index in [0.29, 0.717) is 54.4 Å². The van der Waals surface area contributed by atoms with Crippen molar-refractivity contribution < 1.29 is 23.8 Å². The van der Waals surface area contributed by atoms with Crippen molar-refractivity contribution >= 4 is 11.8 Å². The molecule has 0 unspecified atom stereocenters. The summed E-state index contributed by atoms with van der Waals surface area (Å²) >= 11 is 0. The van der Waals surface area contributed by atoms with Crippen LogP contribution in [0.4, 0.5) is 0 Å². The summed E-state index contributed by atoms with van der Waals surface area (Å²) in [6.07, 6.45) is 2.14. The SMILES string of the molecule is COc1ccc(CCNC(=O)c2ccc(C)nc2C2CCN(C(=O)c3ccccc3OC)CC2)cc1OC. The van der Waals surface area contributed by atoms with E-state index in [1.807, 2.05) is 54.3 Å². The Morgan fingerprint density at radius 3 is 2.32 bits per heavy atom. The zero-order valence-electron chi connectivity index (χ0n) is 22.5. The fraction of sp³-hybridized carbons (Fsp3) is 0.367. The number of pyridine rings is 1. The first-order valence-electron chi connectivity index (χ1n) is 12.8. The Hall–Kier alpha value is -4.07. The van der Waals surface area contributed by atoms with Gasteiger partial charge in [-0.05, 0) is 68.1 Å². The van der Waals surface area contributed by atoms with E-state index in [1.54, 1.807) is 33.5 Å². The minimum atomic E-state index is -0.138. The van der Waals surface area contributed by atoms with Gasteiger partial charge in [0.2, 0.25) is 0 Å². The maximum atomic E-state index is 13.2. The Bertz CT molecular complexity index is 1280. The molecule has 1 N–H and O–H groups in total. The summed E-state index contributed by atoms with van der Waals surface area (Å²) in [6, 6.07) is 16.8. The summed E-state index contributed by atoms with van der Waals surface area (Å²) in [7, 11) is 4.78. The number of amides is 2. The van der Waals surface area contributed by atoms with E-state index < -0.39 is 0 Å². The van der Waals surface area contributed by atoms with Gasteiger partial charge < -0.3 is 24.4 Å². The number of hydrogen-bond donors (Lipinski definition) is 1. The predicted octanol–water partition coefficient (Wildman–Crippen LogP) is 4.41. The minimum absolute atomic E-state index is 0.0359. The van der Waals surface area contributed by atoms with Crippen LogP contribution in [0.25, 0.3) is 0 Å². The van der Waals surface area contributed by atoms with Crippen LogP contribution in [0.5, 0.6) is 17.2 Å². The number of piperidine rings is 1. The van der Waals surface area contributed by atoms with Crippen molar-refractivity contribution in [2.45, 2.75) is 32.1 Å². The Morgan fingerprint density at radius 2 is 1.61 bits per heavy atom. The molecular weight excluding hydrogens is 482 g/mol. The summed E-state index contributed by atoms with van der Waals surface area (Å²) in [5.74, 6) is 1.84. The van der Waals surface area contributed by atoms with Gasteiger partial charge in [0.1, 0.15) is 5.75 Å². The third kappa shape index (κ3) is 6.07. The molecule has 0 bridgehead atoms. The highest BCUT2D eigenvalue weighted by Crippen LogP contribution is 2.31. The smallest absolute Gasteiger partial charge is 0.257 e. The van der Waals surface area contributed by atoms with Gasteiger partial charge in [0, 0.05) is 31.2 Å². The Balaban J connectivity index is 1.39. The molecule has 2 amide bonds. The number of nitrogens with zero attached hydrogens (tertiary/aromatic N) is 2. The molecule has 1 aromatic heterocycles. The van der Waals surface area contributed by atoms with E-state index in [1.165, 1.54) is 0 Å². The molecule has 4 rings (SSSR count). The van der Waals surface area contributed by atoms with Gasteiger partial charge in [0.05, 0.1) is 38.2 Å². The molecule has 2 heterocycles. The molecule has 1 aliphatic heterocycles. The summed E-state index contributed by atoms with van der Waals surface area (Å²) in [5, 5.41) is 3.04. The van der Waals surface area contributed by atoms with Gasteiger partial charge in [-0.3, -0.25) is 14.6 Å². The predicted molar refractivity (Wildman–Crippen MR) is 145 cm³/mol. The van der Waals surface area contributed by atoms with Crippen LogP contribution in [0.2, 0.25) is 0 Å². The zero-order chi connectivity index (χ0) is 27.1. The highest BCUT2D eigenvalue weighted by Gasteiger charge is 2.29. The number of carbonyl (C=O) groups is 2. The fourth-order valence-electron chi connectivity index (χ4n) is 4.88. The monoisotopic (exact) mass is 517 g/mol. The van der Waals surface area contributed by atoms with E-state index in [2.05, 4.69) is 5.32 Å². The number of benzene rings is 2. The lowest BCUT2D eigenvalue weighted by atomic mass is 9.89. The number of hydrogen-bond acceptors (Lipinski definition) is 6. The van der Waals surface area contributed by atoms with Crippen molar-refractivity contribution in [2.75, 3.05) is 41.0 Å². The molecule has 38 heavy (non-hydrogen) atoms. The van der Waals surface area contributed by atoms with E-state index in [4.69, 9.17) is 19.2 Å². The van der Waals surface area contributed by atoms with Crippen molar-refractivity contribution in [3.8, 4) is 17.2 Å². The third-order valence-corrected chi connectivity index (χ3v) is 6.96. The number of carbonyl (C=O) groups excluding carboxylic acids is 2. The highest BCUT2D eigenvalue weighted by molar-refractivity contribution is 5.97. The molecule has 0 spiro atoms. The van der Waals surface area contributed by atoms with Crippen LogP contribution in [0.15, 0.2) is 54.6 Å². The van der Waals surface area contributed by atoms with Crippen LogP contribution in [0, 0.1) is 6.92 Å². The summed E-state index contributed by atoms with van der Waals surface area (Å²) in [5.41, 5.74) is 3.87. The first-order chi connectivity index (χ1) is 18.4. The largest absolute Gasteiger partial charge is 0.496 e. The topological polar surface area (TPSA) is 90.0 Å². The average Bonchev–Trinajstić information content (AvgIpc) is 2.96. The van der Waals surface area contributed by atoms with E-state index in [0.717, 1.165) is 29.8 Å². The van der Waals surface area contributed by atoms with Gasteiger partial charge in [0.15, 0.2) is 11.5 Å². The van der Waals surface area contributed by atoms with Gasteiger partial charge in [-0.2, -0.15) is 0 Å². The molecule has 8 nitrogen and oxygen atoms in total. The molecule has 1 fully saturated rings. The normalized spacial score (nSPS) is 13.6. The Labute approximate surface area is 223 Å². The second-order valence-corrected chi connectivity index (χ2v) is 9.35. The van der Waals surface area contributed by atoms with Crippen molar-refractivity contribution in [3.63, 3.8) is 0 Å². The minimum Gasteiger partial charge on any atom is -0.496 e. The van der Waals surface area contributed by atoms with Crippen LogP contribution in [-0.2, 0) is 6.42 Å². The zero-order valence-corrected chi connectivity index (χ0v) is 22.5. The number of rotatable bonds is 9. The van der Waals surface area contributed by atoms with Crippen molar-refractivity contribution in [1.29, 1.82) is 0 Å². The number of nitrogens with one attached hydrogen (secondary N) is 1. The fourth-order valence-corrected chi connectivity index (χ4v) is 4.88. The summed E-state index contributed by atoms with van der Waals surface area (Å²) in [6.45, 7) is 3.60. The second-order valence-electron chi connectivity index (χ2n) is 9.35.